The highest BCUT2D eigenvalue weighted by Crippen LogP contribution is 2.62. The molecule has 0 spiro atoms. The summed E-state index contributed by atoms with van der Waals surface area (Å²) in [5.41, 5.74) is 9.05. The van der Waals surface area contributed by atoms with Crippen LogP contribution in [0.4, 0.5) is 0 Å². The van der Waals surface area contributed by atoms with Crippen LogP contribution in [-0.4, -0.2) is 29.9 Å². The Kier molecular flexibility index (Phi) is 6.33. The van der Waals surface area contributed by atoms with Crippen LogP contribution in [0.3, 0.4) is 0 Å². The zero-order valence-electron chi connectivity index (χ0n) is 24.9. The molecule has 1 aromatic carbocycles. The van der Waals surface area contributed by atoms with E-state index in [0.717, 1.165) is 28.8 Å². The van der Waals surface area contributed by atoms with Crippen molar-refractivity contribution in [3.63, 3.8) is 0 Å². The number of fused-ring (bicyclic) bond motifs is 1. The van der Waals surface area contributed by atoms with Crippen molar-refractivity contribution in [2.75, 3.05) is 0 Å². The first-order valence-electron chi connectivity index (χ1n) is 14.3. The van der Waals surface area contributed by atoms with E-state index in [-0.39, 0.29) is 16.2 Å². The fourth-order valence-corrected chi connectivity index (χ4v) is 6.10. The number of benzene rings is 1. The van der Waals surface area contributed by atoms with Crippen molar-refractivity contribution in [3.05, 3.63) is 96.2 Å². The highest BCUT2D eigenvalue weighted by molar-refractivity contribution is 5.71. The van der Waals surface area contributed by atoms with Crippen molar-refractivity contribution in [3.8, 4) is 45.4 Å². The van der Waals surface area contributed by atoms with Gasteiger partial charge in [-0.3, -0.25) is 15.0 Å². The number of rotatable bonds is 5. The highest BCUT2D eigenvalue weighted by atomic mass is 15.0. The molecule has 0 unspecified atom stereocenters. The molecule has 0 atom stereocenters. The maximum atomic E-state index is 4.96. The third-order valence-corrected chi connectivity index (χ3v) is 9.87. The summed E-state index contributed by atoms with van der Waals surface area (Å²) < 4.78 is 0. The molecular weight excluding hydrogens is 504 g/mol. The van der Waals surface area contributed by atoms with Crippen LogP contribution < -0.4 is 0 Å². The van der Waals surface area contributed by atoms with Crippen molar-refractivity contribution in [1.82, 2.24) is 29.9 Å². The lowest BCUT2D eigenvalue weighted by Crippen LogP contribution is -2.42. The minimum absolute atomic E-state index is 0.0308. The molecule has 0 saturated carbocycles. The van der Waals surface area contributed by atoms with Gasteiger partial charge in [0.05, 0.1) is 5.69 Å². The number of pyridine rings is 3. The first-order valence-corrected chi connectivity index (χ1v) is 14.3. The third kappa shape index (κ3) is 4.24. The van der Waals surface area contributed by atoms with Crippen molar-refractivity contribution >= 4 is 0 Å². The van der Waals surface area contributed by atoms with E-state index < -0.39 is 0 Å². The largest absolute Gasteiger partial charge is 0.264 e. The van der Waals surface area contributed by atoms with Crippen LogP contribution in [0.5, 0.6) is 0 Å². The standard InChI is InChI=1S/C35H36N6/c1-8-22-17-27-28(34(4,5)35(6,7)33(27,2)3)18-26(22)29-14-13-25(21-38-29)32-40-30(23-11-9-15-36-19-23)39-31(41-32)24-12-10-16-37-20-24/h9-21H,8H2,1-7H3. The summed E-state index contributed by atoms with van der Waals surface area (Å²) in [6.45, 7) is 16.6. The summed E-state index contributed by atoms with van der Waals surface area (Å²) in [5, 5.41) is 0. The minimum atomic E-state index is 0.0308. The lowest BCUT2D eigenvalue weighted by atomic mass is 9.59. The topological polar surface area (TPSA) is 77.3 Å². The van der Waals surface area contributed by atoms with Gasteiger partial charge in [0.1, 0.15) is 0 Å². The molecule has 0 saturated heterocycles. The monoisotopic (exact) mass is 540 g/mol. The van der Waals surface area contributed by atoms with E-state index in [9.17, 15) is 0 Å². The van der Waals surface area contributed by atoms with Gasteiger partial charge in [0.15, 0.2) is 17.5 Å². The average molecular weight is 541 g/mol. The van der Waals surface area contributed by atoms with Gasteiger partial charge in [-0.2, -0.15) is 0 Å². The molecule has 4 heterocycles. The van der Waals surface area contributed by atoms with E-state index in [1.165, 1.54) is 22.3 Å². The number of aromatic nitrogens is 6. The third-order valence-electron chi connectivity index (χ3n) is 9.87. The van der Waals surface area contributed by atoms with E-state index in [1.807, 2.05) is 30.5 Å². The van der Waals surface area contributed by atoms with Gasteiger partial charge in [0.25, 0.3) is 0 Å². The van der Waals surface area contributed by atoms with Crippen molar-refractivity contribution in [2.45, 2.75) is 65.7 Å². The average Bonchev–Trinajstić information content (AvgIpc) is 3.10. The molecule has 5 aromatic rings. The van der Waals surface area contributed by atoms with Crippen LogP contribution in [0.15, 0.2) is 79.5 Å². The van der Waals surface area contributed by atoms with Crippen LogP contribution in [0.2, 0.25) is 0 Å². The van der Waals surface area contributed by atoms with Gasteiger partial charge in [-0.15, -0.1) is 0 Å². The van der Waals surface area contributed by atoms with Gasteiger partial charge >= 0.3 is 0 Å². The number of aryl methyl sites for hydroxylation is 1. The second kappa shape index (κ2) is 9.65. The van der Waals surface area contributed by atoms with Crippen molar-refractivity contribution in [2.24, 2.45) is 5.41 Å². The molecule has 41 heavy (non-hydrogen) atoms. The van der Waals surface area contributed by atoms with Gasteiger partial charge in [0.2, 0.25) is 0 Å². The Morgan fingerprint density at radius 2 is 1.12 bits per heavy atom. The molecule has 4 aromatic heterocycles. The molecule has 6 rings (SSSR count). The first-order chi connectivity index (χ1) is 19.5. The lowest BCUT2D eigenvalue weighted by molar-refractivity contribution is 0.125. The predicted molar refractivity (Wildman–Crippen MR) is 164 cm³/mol. The SMILES string of the molecule is CCc1cc2c(cc1-c1ccc(-c3nc(-c4cccnc4)nc(-c4cccnc4)n3)cn1)C(C)(C)C(C)(C)C2(C)C. The Morgan fingerprint density at radius 1 is 0.610 bits per heavy atom. The lowest BCUT2D eigenvalue weighted by Gasteiger charge is -2.44. The zero-order chi connectivity index (χ0) is 29.0. The Morgan fingerprint density at radius 3 is 1.56 bits per heavy atom. The summed E-state index contributed by atoms with van der Waals surface area (Å²) in [6.07, 6.45) is 9.82. The maximum Gasteiger partial charge on any atom is 0.165 e. The van der Waals surface area contributed by atoms with Crippen LogP contribution >= 0.6 is 0 Å². The predicted octanol–water partition coefficient (Wildman–Crippen LogP) is 7.88. The van der Waals surface area contributed by atoms with Gasteiger partial charge in [-0.1, -0.05) is 54.5 Å². The fraction of sp³-hybridized carbons (Fsp3) is 0.314. The van der Waals surface area contributed by atoms with Gasteiger partial charge in [0, 0.05) is 53.2 Å². The Balaban J connectivity index is 1.44. The molecule has 1 aliphatic rings. The maximum absolute atomic E-state index is 4.96. The molecule has 0 N–H and O–H groups in total. The molecule has 0 radical (unpaired) electrons. The van der Waals surface area contributed by atoms with E-state index in [0.29, 0.717) is 17.5 Å². The summed E-state index contributed by atoms with van der Waals surface area (Å²) >= 11 is 0. The van der Waals surface area contributed by atoms with Crippen LogP contribution in [0, 0.1) is 5.41 Å². The molecule has 0 aliphatic heterocycles. The fourth-order valence-electron chi connectivity index (χ4n) is 6.10. The molecule has 1 aliphatic carbocycles. The number of nitrogens with zero attached hydrogens (tertiary/aromatic N) is 6. The van der Waals surface area contributed by atoms with Crippen LogP contribution in [-0.2, 0) is 17.3 Å². The Hall–Kier alpha value is -4.32. The molecular formula is C35H36N6. The summed E-state index contributed by atoms with van der Waals surface area (Å²) in [7, 11) is 0. The summed E-state index contributed by atoms with van der Waals surface area (Å²) in [4.78, 5) is 27.8. The quantitative estimate of drug-likeness (QED) is 0.226. The van der Waals surface area contributed by atoms with Crippen molar-refractivity contribution < 1.29 is 0 Å². The Bertz CT molecular complexity index is 1670. The van der Waals surface area contributed by atoms with Gasteiger partial charge in [-0.25, -0.2) is 15.0 Å². The van der Waals surface area contributed by atoms with Crippen LogP contribution in [0.25, 0.3) is 45.4 Å². The number of hydrogen-bond donors (Lipinski definition) is 0. The first kappa shape index (κ1) is 26.9. The molecule has 0 fully saturated rings. The minimum Gasteiger partial charge on any atom is -0.264 e. The smallest absolute Gasteiger partial charge is 0.165 e. The van der Waals surface area contributed by atoms with E-state index in [4.69, 9.17) is 19.9 Å². The Labute approximate surface area is 242 Å². The van der Waals surface area contributed by atoms with E-state index in [2.05, 4.69) is 82.7 Å². The molecule has 0 amide bonds. The molecule has 0 bridgehead atoms. The normalized spacial score (nSPS) is 16.4. The molecule has 6 heteroatoms. The highest BCUT2D eigenvalue weighted by Gasteiger charge is 2.56. The number of hydrogen-bond acceptors (Lipinski definition) is 6. The van der Waals surface area contributed by atoms with Crippen LogP contribution in [0.1, 0.15) is 65.2 Å². The second-order valence-electron chi connectivity index (χ2n) is 12.5. The molecule has 206 valence electrons. The second-order valence-corrected chi connectivity index (χ2v) is 12.5. The van der Waals surface area contributed by atoms with Crippen molar-refractivity contribution in [1.29, 1.82) is 0 Å². The molecule has 6 nitrogen and oxygen atoms in total. The summed E-state index contributed by atoms with van der Waals surface area (Å²) in [5.74, 6) is 1.68. The van der Waals surface area contributed by atoms with E-state index >= 15 is 0 Å². The van der Waals surface area contributed by atoms with Gasteiger partial charge in [-0.05, 0) is 81.8 Å². The van der Waals surface area contributed by atoms with E-state index in [1.54, 1.807) is 24.8 Å². The zero-order valence-corrected chi connectivity index (χ0v) is 24.9. The van der Waals surface area contributed by atoms with Gasteiger partial charge < -0.3 is 0 Å². The summed E-state index contributed by atoms with van der Waals surface area (Å²) in [6, 6.07) is 16.6.